The number of H-pyrrole nitrogens is 1. The Bertz CT molecular complexity index is 2270. The molecule has 0 bridgehead atoms. The van der Waals surface area contributed by atoms with Gasteiger partial charge in [-0.05, 0) is 43.4 Å². The van der Waals surface area contributed by atoms with Crippen molar-refractivity contribution in [2.24, 2.45) is 23.5 Å². The number of halogens is 1. The SMILES string of the molecule is CCC(C)[C@H](NC(=O)[C@H](Cc1cnc[nH]1)NC(=O)[C@@H]1CSSCCC(=O)N2CC(O)C[C@H]2C(=O)N[C@@H](CC2=CC(I)C(=O)CC2)C(=O)N[C@@H](CC(=O)O)C(=O)N[C@@H](CC(C)C)C(=O)N1)C(=O)N[C@@H](CC(C)C)C(N)=O. The number of alkyl halides is 1. The molecule has 3 aliphatic rings. The van der Waals surface area contributed by atoms with Crippen molar-refractivity contribution in [1.29, 1.82) is 0 Å². The Kier molecular flexibility index (Phi) is 24.8. The van der Waals surface area contributed by atoms with Crippen LogP contribution >= 0.6 is 44.2 Å². The number of rotatable bonds is 19. The van der Waals surface area contributed by atoms with Crippen LogP contribution in [-0.4, -0.2) is 166 Å². The number of carboxylic acid groups (broad SMARTS) is 1. The number of aliphatic hydroxyl groups is 1. The Balaban J connectivity index is 1.70. The fraction of sp³-hybridized carbons (Fsp3) is 0.667. The minimum Gasteiger partial charge on any atom is -0.481 e. The van der Waals surface area contributed by atoms with Crippen LogP contribution in [0.5, 0.6) is 0 Å². The van der Waals surface area contributed by atoms with Gasteiger partial charge in [-0.15, -0.1) is 0 Å². The molecule has 75 heavy (non-hydrogen) atoms. The van der Waals surface area contributed by atoms with Crippen molar-refractivity contribution in [3.05, 3.63) is 29.9 Å². The van der Waals surface area contributed by atoms with Crippen LogP contribution in [0.1, 0.15) is 105 Å². The highest BCUT2D eigenvalue weighted by atomic mass is 127. The first kappa shape index (κ1) is 62.3. The molecule has 4 rings (SSSR count). The van der Waals surface area contributed by atoms with Gasteiger partial charge in [0.2, 0.25) is 53.2 Å². The highest BCUT2D eigenvalue weighted by Crippen LogP contribution is 2.28. The number of hydrogen-bond donors (Lipinski definition) is 11. The van der Waals surface area contributed by atoms with Gasteiger partial charge >= 0.3 is 5.97 Å². The largest absolute Gasteiger partial charge is 0.481 e. The minimum atomic E-state index is -1.81. The van der Waals surface area contributed by atoms with E-state index in [1.807, 2.05) is 36.4 Å². The lowest BCUT2D eigenvalue weighted by molar-refractivity contribution is -0.142. The maximum atomic E-state index is 14.5. The van der Waals surface area contributed by atoms with E-state index in [1.165, 1.54) is 17.4 Å². The maximum Gasteiger partial charge on any atom is 0.305 e. The summed E-state index contributed by atoms with van der Waals surface area (Å²) in [5.74, 6) is -9.63. The second-order valence-electron chi connectivity index (χ2n) is 20.0. The number of carbonyl (C=O) groups excluding carboxylic acids is 10. The lowest BCUT2D eigenvalue weighted by atomic mass is 9.93. The summed E-state index contributed by atoms with van der Waals surface area (Å²) in [6.45, 7) is 10.5. The van der Waals surface area contributed by atoms with Gasteiger partial charge in [-0.3, -0.25) is 52.7 Å². The van der Waals surface area contributed by atoms with Gasteiger partial charge in [0.1, 0.15) is 54.1 Å². The molecular weight excluding hydrogens is 1130 g/mol. The van der Waals surface area contributed by atoms with Crippen molar-refractivity contribution in [3.8, 4) is 0 Å². The third kappa shape index (κ3) is 19.7. The Labute approximate surface area is 457 Å². The van der Waals surface area contributed by atoms with E-state index in [0.717, 1.165) is 21.6 Å². The summed E-state index contributed by atoms with van der Waals surface area (Å²) in [4.78, 5) is 158. The number of nitrogens with two attached hydrogens (primary N) is 1. The summed E-state index contributed by atoms with van der Waals surface area (Å²) < 4.78 is -0.513. The minimum absolute atomic E-state index is 0.0108. The summed E-state index contributed by atoms with van der Waals surface area (Å²) in [6, 6.07) is -10.9. The number of fused-ring (bicyclic) bond motifs is 1. The number of Topliss-reactive ketones (excluding diaryl/α,β-unsaturated/α-hetero) is 1. The van der Waals surface area contributed by atoms with Gasteiger partial charge in [-0.1, -0.05) is 104 Å². The molecule has 3 unspecified atom stereocenters. The number of primary amides is 1. The van der Waals surface area contributed by atoms with Gasteiger partial charge in [0.05, 0.1) is 22.8 Å². The second-order valence-corrected chi connectivity index (χ2v) is 24.0. The molecular formula is C48H72IN11O13S2. The van der Waals surface area contributed by atoms with E-state index >= 15 is 0 Å². The first-order valence-electron chi connectivity index (χ1n) is 25.1. The Morgan fingerprint density at radius 2 is 1.51 bits per heavy atom. The lowest BCUT2D eigenvalue weighted by Crippen LogP contribution is -2.61. The average molecular weight is 1200 g/mol. The van der Waals surface area contributed by atoms with Crippen LogP contribution in [-0.2, 0) is 59.2 Å². The van der Waals surface area contributed by atoms with E-state index in [4.69, 9.17) is 5.73 Å². The number of imidazole rings is 1. The van der Waals surface area contributed by atoms with Crippen LogP contribution in [0.15, 0.2) is 24.2 Å². The van der Waals surface area contributed by atoms with Crippen LogP contribution in [0, 0.1) is 17.8 Å². The number of allylic oxidation sites excluding steroid dienone is 1. The molecule has 1 aliphatic carbocycles. The normalized spacial score (nSPS) is 25.3. The quantitative estimate of drug-likeness (QED) is 0.0366. The Morgan fingerprint density at radius 3 is 2.12 bits per heavy atom. The van der Waals surface area contributed by atoms with E-state index in [0.29, 0.717) is 17.7 Å². The molecule has 1 aromatic heterocycles. The predicted molar refractivity (Wildman–Crippen MR) is 286 cm³/mol. The highest BCUT2D eigenvalue weighted by Gasteiger charge is 2.42. The zero-order valence-corrected chi connectivity index (χ0v) is 46.8. The first-order valence-corrected chi connectivity index (χ1v) is 28.8. The number of nitrogens with zero attached hydrogens (tertiary/aromatic N) is 2. The number of carbonyl (C=O) groups is 11. The Morgan fingerprint density at radius 1 is 0.840 bits per heavy atom. The van der Waals surface area contributed by atoms with Crippen molar-refractivity contribution < 1.29 is 63.0 Å². The first-order chi connectivity index (χ1) is 35.4. The summed E-state index contributed by atoms with van der Waals surface area (Å²) >= 11 is 1.94. The highest BCUT2D eigenvalue weighted by molar-refractivity contribution is 14.1. The maximum absolute atomic E-state index is 14.5. The number of nitrogens with one attached hydrogen (secondary N) is 8. The molecule has 416 valence electrons. The van der Waals surface area contributed by atoms with Crippen LogP contribution in [0.2, 0.25) is 0 Å². The standard InChI is InChI=1S/C48H72IN11O13S2/c1-7-25(6)40(48(73)53-30(41(50)66)12-23(2)3)59-45(70)33(16-27-19-51-22-52-27)55-46(71)35-21-75-74-11-10-38(63)60-20-28(61)17-36(60)47(72)57-32(15-26-8-9-37(62)29(49)14-26)43(68)56-34(18-39(64)65)44(69)54-31(13-24(4)5)42(67)58-35/h14,19,22-25,28-36,40,61H,7-13,15-18,20-21H2,1-6H3,(H2,50,66)(H,51,52)(H,53,73)(H,54,69)(H,55,71)(H,56,68)(H,57,72)(H,58,67)(H,59,70)(H,64,65)/t25?,28?,29?,30-,31-,32-,33-,34-,35-,36-,40-/m0/s1. The molecule has 2 aliphatic heterocycles. The molecule has 3 heterocycles. The smallest absolute Gasteiger partial charge is 0.305 e. The third-order valence-electron chi connectivity index (χ3n) is 12.9. The number of hydrogen-bond acceptors (Lipinski definition) is 15. The van der Waals surface area contributed by atoms with Gasteiger partial charge in [-0.2, -0.15) is 0 Å². The van der Waals surface area contributed by atoms with Crippen LogP contribution in [0.4, 0.5) is 0 Å². The van der Waals surface area contributed by atoms with Crippen molar-refractivity contribution in [2.75, 3.05) is 18.1 Å². The van der Waals surface area contributed by atoms with E-state index in [1.54, 1.807) is 33.8 Å². The number of amides is 9. The van der Waals surface area contributed by atoms with Crippen molar-refractivity contribution in [1.82, 2.24) is 52.1 Å². The summed E-state index contributed by atoms with van der Waals surface area (Å²) in [6.07, 6.45) is 2.88. The van der Waals surface area contributed by atoms with Crippen LogP contribution in [0.25, 0.3) is 0 Å². The monoisotopic (exact) mass is 1200 g/mol. The van der Waals surface area contributed by atoms with Gasteiger partial charge in [0.15, 0.2) is 0 Å². The second kappa shape index (κ2) is 29.9. The van der Waals surface area contributed by atoms with E-state index in [9.17, 15) is 63.0 Å². The fourth-order valence-electron chi connectivity index (χ4n) is 8.62. The topological polar surface area (TPSA) is 370 Å². The van der Waals surface area contributed by atoms with Gasteiger partial charge in [-0.25, -0.2) is 4.98 Å². The third-order valence-corrected chi connectivity index (χ3v) is 16.3. The Hall–Kier alpha value is -5.29. The number of carboxylic acids is 1. The molecule has 24 nitrogen and oxygen atoms in total. The molecule has 9 amide bonds. The molecule has 0 spiro atoms. The van der Waals surface area contributed by atoms with Gasteiger partial charge < -0.3 is 63.0 Å². The molecule has 11 atom stereocenters. The number of aromatic amines is 1. The molecule has 0 saturated carbocycles. The zero-order chi connectivity index (χ0) is 55.7. The van der Waals surface area contributed by atoms with Gasteiger partial charge in [0.25, 0.3) is 0 Å². The van der Waals surface area contributed by atoms with Crippen molar-refractivity contribution in [3.63, 3.8) is 0 Å². The fourth-order valence-corrected chi connectivity index (χ4v) is 11.6. The summed E-state index contributed by atoms with van der Waals surface area (Å²) in [7, 11) is 2.25. The molecule has 12 N–H and O–H groups in total. The van der Waals surface area contributed by atoms with Crippen molar-refractivity contribution >= 4 is 109 Å². The molecule has 2 fully saturated rings. The van der Waals surface area contributed by atoms with Crippen molar-refractivity contribution in [2.45, 2.75) is 164 Å². The predicted octanol–water partition coefficient (Wildman–Crippen LogP) is -0.326. The summed E-state index contributed by atoms with van der Waals surface area (Å²) in [5.41, 5.74) is 6.66. The zero-order valence-electron chi connectivity index (χ0n) is 43.0. The molecule has 1 aromatic rings. The lowest BCUT2D eigenvalue weighted by Gasteiger charge is -2.30. The molecule has 0 aromatic carbocycles. The molecule has 2 saturated heterocycles. The average Bonchev–Trinajstić information content (AvgIpc) is 4.01. The van der Waals surface area contributed by atoms with E-state index < -0.39 is 130 Å². The van der Waals surface area contributed by atoms with Gasteiger partial charge in [0, 0.05) is 55.6 Å². The molecule has 27 heteroatoms. The summed E-state index contributed by atoms with van der Waals surface area (Å²) in [5, 5.41) is 39.0. The number of ketones is 1. The van der Waals surface area contributed by atoms with Crippen LogP contribution < -0.4 is 43.0 Å². The number of aromatic nitrogens is 2. The van der Waals surface area contributed by atoms with Crippen LogP contribution in [0.3, 0.4) is 0 Å². The number of aliphatic carboxylic acids is 1. The van der Waals surface area contributed by atoms with E-state index in [-0.39, 0.29) is 87.0 Å². The molecule has 0 radical (unpaired) electrons. The van der Waals surface area contributed by atoms with E-state index in [2.05, 4.69) is 47.2 Å². The number of aliphatic hydroxyl groups excluding tert-OH is 1.